The van der Waals surface area contributed by atoms with Gasteiger partial charge in [0.15, 0.2) is 5.82 Å². The van der Waals surface area contributed by atoms with Crippen LogP contribution in [0.4, 0.5) is 34.5 Å². The van der Waals surface area contributed by atoms with E-state index in [4.69, 9.17) is 21.1 Å². The highest BCUT2D eigenvalue weighted by Gasteiger charge is 2.28. The molecule has 0 spiro atoms. The van der Waals surface area contributed by atoms with Crippen LogP contribution in [-0.4, -0.2) is 86.3 Å². The Morgan fingerprint density at radius 3 is 2.52 bits per heavy atom. The number of anilines is 6. The molecular weight excluding hydrogens is 584 g/mol. The Kier molecular flexibility index (Phi) is 10.2. The Balaban J connectivity index is 1.40. The van der Waals surface area contributed by atoms with Gasteiger partial charge >= 0.3 is 0 Å². The van der Waals surface area contributed by atoms with E-state index < -0.39 is 0 Å². The molecule has 5 rings (SSSR count). The molecule has 0 radical (unpaired) electrons. The van der Waals surface area contributed by atoms with Gasteiger partial charge in [-0.15, -0.1) is 0 Å². The number of rotatable bonds is 10. The molecule has 2 aromatic carbocycles. The van der Waals surface area contributed by atoms with Crippen LogP contribution in [0.25, 0.3) is 0 Å². The van der Waals surface area contributed by atoms with Crippen molar-refractivity contribution in [2.75, 3.05) is 74.4 Å². The van der Waals surface area contributed by atoms with Gasteiger partial charge in [-0.25, -0.2) is 4.98 Å². The van der Waals surface area contributed by atoms with Crippen molar-refractivity contribution in [1.82, 2.24) is 20.2 Å². The number of para-hydroxylation sites is 1. The lowest BCUT2D eigenvalue weighted by Crippen LogP contribution is -2.49. The number of nitrogens with one attached hydrogen (secondary N) is 4. The van der Waals surface area contributed by atoms with Crippen LogP contribution >= 0.6 is 11.6 Å². The highest BCUT2D eigenvalue weighted by molar-refractivity contribution is 6.33. The van der Waals surface area contributed by atoms with Crippen LogP contribution in [0.3, 0.4) is 0 Å². The topological polar surface area (TPSA) is 133 Å². The maximum absolute atomic E-state index is 12.5. The van der Waals surface area contributed by atoms with E-state index in [2.05, 4.69) is 47.6 Å². The molecule has 2 fully saturated rings. The minimum atomic E-state index is -0.324. The van der Waals surface area contributed by atoms with Crippen LogP contribution in [-0.2, 0) is 9.53 Å². The molecule has 2 aliphatic rings. The van der Waals surface area contributed by atoms with Crippen molar-refractivity contribution in [2.45, 2.75) is 18.9 Å². The fourth-order valence-corrected chi connectivity index (χ4v) is 5.62. The molecule has 0 atom stereocenters. The second-order valence-electron chi connectivity index (χ2n) is 10.4. The summed E-state index contributed by atoms with van der Waals surface area (Å²) in [6, 6.07) is 11.3. The average Bonchev–Trinajstić information content (AvgIpc) is 3.06. The maximum Gasteiger partial charge on any atom is 0.253 e. The lowest BCUT2D eigenvalue weighted by molar-refractivity contribution is -0.111. The summed E-state index contributed by atoms with van der Waals surface area (Å²) in [4.78, 5) is 38.5. The Hall–Kier alpha value is -4.39. The molecule has 3 heterocycles. The molecule has 2 amide bonds. The molecule has 0 saturated carbocycles. The Morgan fingerprint density at radius 1 is 1.07 bits per heavy atom. The van der Waals surface area contributed by atoms with E-state index in [-0.39, 0.29) is 22.8 Å². The lowest BCUT2D eigenvalue weighted by atomic mass is 10.0. The standard InChI is InChI=1S/C31H37ClN8O4/c1-4-28(41)35-24-17-25(27(43-3)18-26(24)40-11-9-20(10-12-40)39-13-15-44-16-14-39)37-31-34-19-22(32)29(38-31)36-23-8-6-5-7-21(23)30(42)33-2/h4-8,17-20H,1,9-16H2,2-3H3,(H,33,42)(H,35,41)(H2,34,36,37,38). The molecule has 0 unspecified atom stereocenters. The number of carbonyl (C=O) groups is 2. The molecule has 44 heavy (non-hydrogen) atoms. The summed E-state index contributed by atoms with van der Waals surface area (Å²) in [6.07, 6.45) is 4.72. The van der Waals surface area contributed by atoms with Gasteiger partial charge in [0.2, 0.25) is 11.9 Å². The first kappa shape index (κ1) is 31.0. The minimum absolute atomic E-state index is 0.229. The molecule has 2 aliphatic heterocycles. The number of carbonyl (C=O) groups excluding carboxylic acids is 2. The smallest absolute Gasteiger partial charge is 0.253 e. The van der Waals surface area contributed by atoms with Crippen LogP contribution in [0.1, 0.15) is 23.2 Å². The van der Waals surface area contributed by atoms with Gasteiger partial charge in [-0.2, -0.15) is 4.98 Å². The van der Waals surface area contributed by atoms with Gasteiger partial charge in [0.1, 0.15) is 10.8 Å². The predicted molar refractivity (Wildman–Crippen MR) is 173 cm³/mol. The van der Waals surface area contributed by atoms with E-state index in [9.17, 15) is 9.59 Å². The number of ether oxygens (including phenoxy) is 2. The Morgan fingerprint density at radius 2 is 1.82 bits per heavy atom. The van der Waals surface area contributed by atoms with Crippen molar-refractivity contribution in [1.29, 1.82) is 0 Å². The van der Waals surface area contributed by atoms with Crippen LogP contribution in [0.15, 0.2) is 55.3 Å². The minimum Gasteiger partial charge on any atom is -0.494 e. The fraction of sp³-hybridized carbons (Fsp3) is 0.355. The van der Waals surface area contributed by atoms with Crippen LogP contribution in [0, 0.1) is 0 Å². The summed E-state index contributed by atoms with van der Waals surface area (Å²) in [5.74, 6) is 0.507. The summed E-state index contributed by atoms with van der Waals surface area (Å²) in [6.45, 7) is 8.77. The van der Waals surface area contributed by atoms with Gasteiger partial charge in [-0.05, 0) is 37.1 Å². The van der Waals surface area contributed by atoms with E-state index in [1.165, 1.54) is 12.3 Å². The van der Waals surface area contributed by atoms with Gasteiger partial charge in [0, 0.05) is 45.3 Å². The van der Waals surface area contributed by atoms with Crippen molar-refractivity contribution in [3.8, 4) is 5.75 Å². The fourth-order valence-electron chi connectivity index (χ4n) is 5.48. The third-order valence-electron chi connectivity index (χ3n) is 7.77. The van der Waals surface area contributed by atoms with Crippen LogP contribution in [0.5, 0.6) is 5.75 Å². The number of benzene rings is 2. The number of hydrogen-bond acceptors (Lipinski definition) is 10. The zero-order valence-electron chi connectivity index (χ0n) is 24.9. The van der Waals surface area contributed by atoms with Crippen molar-refractivity contribution in [3.05, 3.63) is 65.8 Å². The Labute approximate surface area is 261 Å². The first-order valence-electron chi connectivity index (χ1n) is 14.5. The SMILES string of the molecule is C=CC(=O)Nc1cc(Nc2ncc(Cl)c(Nc3ccccc3C(=O)NC)n2)c(OC)cc1N1CCC(N2CCOCC2)CC1. The molecule has 1 aromatic heterocycles. The number of nitrogens with zero attached hydrogens (tertiary/aromatic N) is 4. The van der Waals surface area contributed by atoms with Crippen LogP contribution < -0.4 is 30.9 Å². The molecule has 232 valence electrons. The molecule has 4 N–H and O–H groups in total. The van der Waals surface area contributed by atoms with Crippen molar-refractivity contribution in [2.24, 2.45) is 0 Å². The Bertz CT molecular complexity index is 1510. The zero-order valence-corrected chi connectivity index (χ0v) is 25.6. The third kappa shape index (κ3) is 7.21. The predicted octanol–water partition coefficient (Wildman–Crippen LogP) is 4.41. The number of piperidine rings is 1. The lowest BCUT2D eigenvalue weighted by Gasteiger charge is -2.41. The molecule has 3 aromatic rings. The van der Waals surface area contributed by atoms with E-state index in [0.29, 0.717) is 40.2 Å². The van der Waals surface area contributed by atoms with Gasteiger partial charge in [0.25, 0.3) is 5.91 Å². The van der Waals surface area contributed by atoms with E-state index in [0.717, 1.165) is 57.9 Å². The quantitative estimate of drug-likeness (QED) is 0.242. The van der Waals surface area contributed by atoms with Crippen LogP contribution in [0.2, 0.25) is 5.02 Å². The van der Waals surface area contributed by atoms with Gasteiger partial charge < -0.3 is 35.6 Å². The molecule has 0 bridgehead atoms. The van der Waals surface area contributed by atoms with Crippen molar-refractivity contribution >= 4 is 57.9 Å². The summed E-state index contributed by atoms with van der Waals surface area (Å²) in [5, 5.41) is 12.2. The number of methoxy groups -OCH3 is 1. The normalized spacial score (nSPS) is 15.8. The van der Waals surface area contributed by atoms with Gasteiger partial charge in [-0.3, -0.25) is 14.5 Å². The summed E-state index contributed by atoms with van der Waals surface area (Å²) in [5.41, 5.74) is 2.97. The van der Waals surface area contributed by atoms with Gasteiger partial charge in [-0.1, -0.05) is 30.3 Å². The zero-order chi connectivity index (χ0) is 31.1. The maximum atomic E-state index is 12.5. The monoisotopic (exact) mass is 620 g/mol. The number of amides is 2. The summed E-state index contributed by atoms with van der Waals surface area (Å²) >= 11 is 6.43. The summed E-state index contributed by atoms with van der Waals surface area (Å²) in [7, 11) is 3.15. The van der Waals surface area contributed by atoms with E-state index in [1.54, 1.807) is 44.5 Å². The third-order valence-corrected chi connectivity index (χ3v) is 8.05. The molecule has 12 nitrogen and oxygen atoms in total. The number of hydrogen-bond donors (Lipinski definition) is 4. The highest BCUT2D eigenvalue weighted by atomic mass is 35.5. The second-order valence-corrected chi connectivity index (χ2v) is 10.8. The van der Waals surface area contributed by atoms with E-state index >= 15 is 0 Å². The highest BCUT2D eigenvalue weighted by Crippen LogP contribution is 2.40. The molecule has 2 saturated heterocycles. The number of halogens is 1. The van der Waals surface area contributed by atoms with Crippen molar-refractivity contribution < 1.29 is 19.1 Å². The first-order chi connectivity index (χ1) is 21.4. The summed E-state index contributed by atoms with van der Waals surface area (Å²) < 4.78 is 11.3. The first-order valence-corrected chi connectivity index (χ1v) is 14.9. The molecule has 0 aliphatic carbocycles. The van der Waals surface area contributed by atoms with Crippen molar-refractivity contribution in [3.63, 3.8) is 0 Å². The second kappa shape index (κ2) is 14.4. The largest absolute Gasteiger partial charge is 0.494 e. The van der Waals surface area contributed by atoms with E-state index in [1.807, 2.05) is 6.07 Å². The molecule has 13 heteroatoms. The number of morpholine rings is 1. The number of aromatic nitrogens is 2. The molecular formula is C31H37ClN8O4. The average molecular weight is 621 g/mol. The van der Waals surface area contributed by atoms with Gasteiger partial charge in [0.05, 0.1) is 54.8 Å².